The summed E-state index contributed by atoms with van der Waals surface area (Å²) < 4.78 is 16.7. The fourth-order valence-electron chi connectivity index (χ4n) is 7.43. The van der Waals surface area contributed by atoms with Gasteiger partial charge in [-0.25, -0.2) is 0 Å². The molecule has 56 heavy (non-hydrogen) atoms. The molecule has 2 atom stereocenters. The summed E-state index contributed by atoms with van der Waals surface area (Å²) in [6.45, 7) is 11.3. The number of hydrogen-bond donors (Lipinski definition) is 0. The van der Waals surface area contributed by atoms with E-state index in [1.54, 1.807) is 0 Å². The van der Waals surface area contributed by atoms with E-state index in [4.69, 9.17) is 14.2 Å². The van der Waals surface area contributed by atoms with E-state index >= 15 is 0 Å². The molecule has 0 aromatic carbocycles. The predicted octanol–water partition coefficient (Wildman–Crippen LogP) is 15.8. The SMILES string of the molecule is CCCCCCCCCCCCC(=O)OC[C@H](COC(=O)CCCCCCCCCC(C)C)OC(=O)CCCCCCCCCCCCCCCCC(C)CC. The van der Waals surface area contributed by atoms with Gasteiger partial charge in [0.25, 0.3) is 0 Å². The molecule has 0 aromatic heterocycles. The Morgan fingerprint density at radius 3 is 1.02 bits per heavy atom. The van der Waals surface area contributed by atoms with Crippen LogP contribution in [0.15, 0.2) is 0 Å². The Morgan fingerprint density at radius 2 is 0.679 bits per heavy atom. The second-order valence-corrected chi connectivity index (χ2v) is 17.8. The molecule has 0 spiro atoms. The van der Waals surface area contributed by atoms with Gasteiger partial charge in [0, 0.05) is 19.3 Å². The summed E-state index contributed by atoms with van der Waals surface area (Å²) in [5, 5.41) is 0. The molecule has 0 rings (SSSR count). The van der Waals surface area contributed by atoms with Crippen LogP contribution in [-0.4, -0.2) is 37.2 Å². The van der Waals surface area contributed by atoms with Gasteiger partial charge in [-0.1, -0.05) is 234 Å². The first-order valence-corrected chi connectivity index (χ1v) is 24.8. The molecule has 332 valence electrons. The zero-order valence-corrected chi connectivity index (χ0v) is 38.3. The fraction of sp³-hybridized carbons (Fsp3) is 0.940. The number of esters is 3. The fourth-order valence-corrected chi connectivity index (χ4v) is 7.43. The normalized spacial score (nSPS) is 12.5. The van der Waals surface area contributed by atoms with Crippen molar-refractivity contribution in [2.24, 2.45) is 11.8 Å². The molecule has 0 saturated heterocycles. The summed E-state index contributed by atoms with van der Waals surface area (Å²) in [5.41, 5.74) is 0. The molecule has 0 fully saturated rings. The summed E-state index contributed by atoms with van der Waals surface area (Å²) in [6.07, 6.45) is 42.3. The molecule has 0 bridgehead atoms. The van der Waals surface area contributed by atoms with E-state index in [1.807, 2.05) is 0 Å². The van der Waals surface area contributed by atoms with Crippen molar-refractivity contribution in [2.45, 2.75) is 278 Å². The Kier molecular flexibility index (Phi) is 41.8. The summed E-state index contributed by atoms with van der Waals surface area (Å²) in [4.78, 5) is 37.8. The number of hydrogen-bond acceptors (Lipinski definition) is 6. The zero-order valence-electron chi connectivity index (χ0n) is 38.3. The maximum absolute atomic E-state index is 12.8. The van der Waals surface area contributed by atoms with Gasteiger partial charge in [-0.15, -0.1) is 0 Å². The minimum atomic E-state index is -0.761. The lowest BCUT2D eigenvalue weighted by Gasteiger charge is -2.18. The molecule has 0 aromatic rings. The van der Waals surface area contributed by atoms with Crippen molar-refractivity contribution in [3.8, 4) is 0 Å². The Balaban J connectivity index is 4.27. The molecule has 0 aliphatic carbocycles. The third-order valence-electron chi connectivity index (χ3n) is 11.6. The van der Waals surface area contributed by atoms with Crippen LogP contribution in [-0.2, 0) is 28.6 Å². The topological polar surface area (TPSA) is 78.9 Å². The molecule has 0 heterocycles. The van der Waals surface area contributed by atoms with Gasteiger partial charge < -0.3 is 14.2 Å². The van der Waals surface area contributed by atoms with E-state index in [0.717, 1.165) is 69.6 Å². The Bertz CT molecular complexity index is 856. The predicted molar refractivity (Wildman–Crippen MR) is 238 cm³/mol. The molecule has 0 aliphatic heterocycles. The van der Waals surface area contributed by atoms with Crippen molar-refractivity contribution < 1.29 is 28.6 Å². The number of carbonyl (C=O) groups is 3. The highest BCUT2D eigenvalue weighted by Gasteiger charge is 2.19. The molecule has 6 nitrogen and oxygen atoms in total. The molecule has 1 unspecified atom stereocenters. The third kappa shape index (κ3) is 42.0. The molecule has 6 heteroatoms. The van der Waals surface area contributed by atoms with Crippen LogP contribution in [0.1, 0.15) is 272 Å². The molecule has 0 amide bonds. The highest BCUT2D eigenvalue weighted by atomic mass is 16.6. The largest absolute Gasteiger partial charge is 0.462 e. The van der Waals surface area contributed by atoms with E-state index in [9.17, 15) is 14.4 Å². The number of ether oxygens (including phenoxy) is 3. The number of unbranched alkanes of at least 4 members (excludes halogenated alkanes) is 28. The average molecular weight is 793 g/mol. The van der Waals surface area contributed by atoms with Crippen molar-refractivity contribution in [3.63, 3.8) is 0 Å². The standard InChI is InChI=1S/C50H96O6/c1-6-8-9-10-11-12-20-25-30-35-40-48(51)54-43-47(44-55-49(52)41-36-31-27-22-23-28-33-38-45(3)4)56-50(53)42-37-32-26-21-18-16-14-13-15-17-19-24-29-34-39-46(5)7-2/h45-47H,6-44H2,1-5H3/t46?,47-/m1/s1. The molecular formula is C50H96O6. The molecule has 0 aliphatic rings. The lowest BCUT2D eigenvalue weighted by molar-refractivity contribution is -0.167. The first-order chi connectivity index (χ1) is 27.3. The highest BCUT2D eigenvalue weighted by molar-refractivity contribution is 5.71. The monoisotopic (exact) mass is 793 g/mol. The van der Waals surface area contributed by atoms with E-state index in [1.165, 1.54) is 161 Å². The lowest BCUT2D eigenvalue weighted by Crippen LogP contribution is -2.30. The van der Waals surface area contributed by atoms with Crippen molar-refractivity contribution in [2.75, 3.05) is 13.2 Å². The van der Waals surface area contributed by atoms with Gasteiger partial charge in [-0.2, -0.15) is 0 Å². The van der Waals surface area contributed by atoms with E-state index in [-0.39, 0.29) is 31.1 Å². The summed E-state index contributed by atoms with van der Waals surface area (Å²) in [5.74, 6) is 0.820. The zero-order chi connectivity index (χ0) is 41.2. The van der Waals surface area contributed by atoms with Crippen LogP contribution in [0, 0.1) is 11.8 Å². The number of carbonyl (C=O) groups excluding carboxylic acids is 3. The molecular weight excluding hydrogens is 697 g/mol. The maximum Gasteiger partial charge on any atom is 0.306 e. The highest BCUT2D eigenvalue weighted by Crippen LogP contribution is 2.17. The Labute approximate surface area is 348 Å². The minimum Gasteiger partial charge on any atom is -0.462 e. The quantitative estimate of drug-likeness (QED) is 0.0347. The van der Waals surface area contributed by atoms with E-state index in [0.29, 0.717) is 19.3 Å². The first kappa shape index (κ1) is 54.4. The van der Waals surface area contributed by atoms with E-state index < -0.39 is 6.10 Å². The number of rotatable bonds is 44. The minimum absolute atomic E-state index is 0.0647. The van der Waals surface area contributed by atoms with Crippen LogP contribution in [0.3, 0.4) is 0 Å². The van der Waals surface area contributed by atoms with Crippen LogP contribution >= 0.6 is 0 Å². The van der Waals surface area contributed by atoms with Crippen molar-refractivity contribution in [1.29, 1.82) is 0 Å². The van der Waals surface area contributed by atoms with Gasteiger partial charge in [-0.05, 0) is 31.1 Å². The van der Waals surface area contributed by atoms with Gasteiger partial charge in [0.1, 0.15) is 13.2 Å². The molecule has 0 saturated carbocycles. The summed E-state index contributed by atoms with van der Waals surface area (Å²) >= 11 is 0. The Hall–Kier alpha value is -1.59. The summed E-state index contributed by atoms with van der Waals surface area (Å²) in [6, 6.07) is 0. The van der Waals surface area contributed by atoms with Crippen LogP contribution < -0.4 is 0 Å². The van der Waals surface area contributed by atoms with Crippen molar-refractivity contribution in [1.82, 2.24) is 0 Å². The molecule has 0 N–H and O–H groups in total. The lowest BCUT2D eigenvalue weighted by atomic mass is 9.99. The second-order valence-electron chi connectivity index (χ2n) is 17.8. The van der Waals surface area contributed by atoms with Gasteiger partial charge in [0.15, 0.2) is 6.10 Å². The molecule has 0 radical (unpaired) electrons. The summed E-state index contributed by atoms with van der Waals surface area (Å²) in [7, 11) is 0. The van der Waals surface area contributed by atoms with Gasteiger partial charge in [0.05, 0.1) is 0 Å². The van der Waals surface area contributed by atoms with Crippen LogP contribution in [0.5, 0.6) is 0 Å². The van der Waals surface area contributed by atoms with Crippen LogP contribution in [0.2, 0.25) is 0 Å². The van der Waals surface area contributed by atoms with Gasteiger partial charge in [0.2, 0.25) is 0 Å². The van der Waals surface area contributed by atoms with E-state index in [2.05, 4.69) is 34.6 Å². The van der Waals surface area contributed by atoms with Gasteiger partial charge in [-0.3, -0.25) is 14.4 Å². The second kappa shape index (κ2) is 43.0. The maximum atomic E-state index is 12.8. The van der Waals surface area contributed by atoms with Crippen molar-refractivity contribution in [3.05, 3.63) is 0 Å². The smallest absolute Gasteiger partial charge is 0.306 e. The van der Waals surface area contributed by atoms with Gasteiger partial charge >= 0.3 is 17.9 Å². The van der Waals surface area contributed by atoms with Crippen LogP contribution in [0.25, 0.3) is 0 Å². The first-order valence-electron chi connectivity index (χ1n) is 24.8. The third-order valence-corrected chi connectivity index (χ3v) is 11.6. The van der Waals surface area contributed by atoms with Crippen LogP contribution in [0.4, 0.5) is 0 Å². The van der Waals surface area contributed by atoms with Crippen molar-refractivity contribution >= 4 is 17.9 Å². The Morgan fingerprint density at radius 1 is 0.375 bits per heavy atom. The average Bonchev–Trinajstić information content (AvgIpc) is 3.18.